The molecule has 2 aromatic heterocycles. The molecular formula is C39H60N6O4. The summed E-state index contributed by atoms with van der Waals surface area (Å²) in [5, 5.41) is 23.7. The molecule has 7 N–H and O–H groups in total. The number of rotatable bonds is 15. The van der Waals surface area contributed by atoms with Crippen molar-refractivity contribution in [2.45, 2.75) is 135 Å². The van der Waals surface area contributed by atoms with Gasteiger partial charge in [-0.2, -0.15) is 0 Å². The van der Waals surface area contributed by atoms with Crippen LogP contribution >= 0.6 is 0 Å². The average molecular weight is 677 g/mol. The molecular weight excluding hydrogens is 616 g/mol. The summed E-state index contributed by atoms with van der Waals surface area (Å²) in [7, 11) is 0. The van der Waals surface area contributed by atoms with Crippen molar-refractivity contribution in [3.8, 4) is 0 Å². The number of Topliss-reactive ketones (excluding diaryl/α,β-unsaturated/α-hetero) is 1. The Labute approximate surface area is 291 Å². The summed E-state index contributed by atoms with van der Waals surface area (Å²) in [6.07, 6.45) is 21.5. The minimum atomic E-state index is -1.01. The largest absolute Gasteiger partial charge is 0.480 e. The van der Waals surface area contributed by atoms with Gasteiger partial charge < -0.3 is 25.9 Å². The summed E-state index contributed by atoms with van der Waals surface area (Å²) in [6.45, 7) is 9.61. The number of carbonyl (C=O) groups excluding carboxylic acids is 1. The Morgan fingerprint density at radius 3 is 2.39 bits per heavy atom. The number of allylic oxidation sites excluding steroid dienone is 1. The van der Waals surface area contributed by atoms with Gasteiger partial charge in [0.05, 0.1) is 30.8 Å². The highest BCUT2D eigenvalue weighted by Gasteiger charge is 2.59. The molecule has 49 heavy (non-hydrogen) atoms. The van der Waals surface area contributed by atoms with Crippen LogP contribution in [0.25, 0.3) is 0 Å². The number of aliphatic hydroxyl groups excluding tert-OH is 1. The maximum atomic E-state index is 13.9. The lowest BCUT2D eigenvalue weighted by molar-refractivity contribution is -0.140. The number of ketones is 1. The van der Waals surface area contributed by atoms with E-state index >= 15 is 0 Å². The van der Waals surface area contributed by atoms with Gasteiger partial charge in [-0.05, 0) is 104 Å². The zero-order valence-corrected chi connectivity index (χ0v) is 30.0. The van der Waals surface area contributed by atoms with Crippen molar-refractivity contribution in [1.82, 2.24) is 25.3 Å². The Morgan fingerprint density at radius 1 is 1.00 bits per heavy atom. The number of aromatic nitrogens is 4. The summed E-state index contributed by atoms with van der Waals surface area (Å²) in [5.41, 5.74) is 10.1. The topological polar surface area (TPSA) is 170 Å². The second-order valence-corrected chi connectivity index (χ2v) is 16.9. The first-order chi connectivity index (χ1) is 23.4. The molecule has 0 aromatic carbocycles. The highest BCUT2D eigenvalue weighted by Crippen LogP contribution is 2.67. The minimum Gasteiger partial charge on any atom is -0.480 e. The number of carbonyl (C=O) groups is 2. The number of carboxylic acids is 1. The first-order valence-corrected chi connectivity index (χ1v) is 19.0. The SMILES string of the molecule is CC(CCC[C@@H](C)[C@H]1CC[C@H]2[C@@H]3CC=C4C[C@@H](O)CC[C@]4(C)[C@H]3CC[C@]12C)C(N[C@@H](Cc1cnc[nH]1)C(=O)O)C(=O)[C@@H](N)Cc1cnc[nH]1. The molecule has 0 bridgehead atoms. The molecule has 4 aliphatic rings. The molecule has 0 saturated heterocycles. The maximum Gasteiger partial charge on any atom is 0.321 e. The van der Waals surface area contributed by atoms with E-state index in [1.54, 1.807) is 18.7 Å². The molecule has 2 unspecified atom stereocenters. The van der Waals surface area contributed by atoms with Crippen molar-refractivity contribution in [3.63, 3.8) is 0 Å². The second kappa shape index (κ2) is 14.8. The molecule has 12 atom stereocenters. The third-order valence-corrected chi connectivity index (χ3v) is 14.1. The van der Waals surface area contributed by atoms with Crippen LogP contribution in [-0.2, 0) is 22.4 Å². The summed E-state index contributed by atoms with van der Waals surface area (Å²) in [6, 6.07) is -2.42. The monoisotopic (exact) mass is 676 g/mol. The Hall–Kier alpha value is -2.82. The van der Waals surface area contributed by atoms with E-state index in [4.69, 9.17) is 5.73 Å². The number of aliphatic carboxylic acids is 1. The predicted molar refractivity (Wildman–Crippen MR) is 189 cm³/mol. The standard InChI is InChI=1S/C39H60N6O4/c1-23(30-10-11-31-29-9-8-25-16-28(46)12-14-38(25,3)32(29)13-15-39(30,31)4)6-5-7-24(2)35(36(47)33(40)17-26-19-41-21-43-26)45-34(37(48)49)18-27-20-42-22-44-27/h8,19-24,28-35,45-46H,5-7,9-18,40H2,1-4H3,(H,41,43)(H,42,44)(H,48,49)/t23-,24?,28+,29+,30-,31+,32+,33+,34+,35?,38+,39-/m1/s1. The molecule has 10 nitrogen and oxygen atoms in total. The number of fused-ring (bicyclic) bond motifs is 5. The van der Waals surface area contributed by atoms with Crippen molar-refractivity contribution in [2.75, 3.05) is 0 Å². The number of hydrogen-bond donors (Lipinski definition) is 6. The first-order valence-electron chi connectivity index (χ1n) is 19.0. The van der Waals surface area contributed by atoms with Crippen LogP contribution in [0, 0.1) is 46.3 Å². The molecule has 3 saturated carbocycles. The normalized spacial score (nSPS) is 34.1. The van der Waals surface area contributed by atoms with E-state index in [1.807, 2.05) is 0 Å². The summed E-state index contributed by atoms with van der Waals surface area (Å²) in [5.74, 6) is 2.30. The molecule has 6 rings (SSSR count). The first kappa shape index (κ1) is 36.0. The van der Waals surface area contributed by atoms with Crippen molar-refractivity contribution in [2.24, 2.45) is 52.1 Å². The number of aliphatic hydroxyl groups is 1. The Morgan fingerprint density at radius 2 is 1.71 bits per heavy atom. The molecule has 270 valence electrons. The van der Waals surface area contributed by atoms with Crippen molar-refractivity contribution >= 4 is 11.8 Å². The fourth-order valence-corrected chi connectivity index (χ4v) is 11.3. The van der Waals surface area contributed by atoms with Crippen LogP contribution in [0.15, 0.2) is 36.7 Å². The molecule has 10 heteroatoms. The van der Waals surface area contributed by atoms with Gasteiger partial charge in [-0.3, -0.25) is 14.9 Å². The van der Waals surface area contributed by atoms with Crippen LogP contribution < -0.4 is 11.1 Å². The zero-order valence-electron chi connectivity index (χ0n) is 30.0. The number of nitrogens with two attached hydrogens (primary N) is 1. The molecule has 2 heterocycles. The van der Waals surface area contributed by atoms with E-state index in [-0.39, 0.29) is 29.6 Å². The van der Waals surface area contributed by atoms with Crippen LogP contribution in [0.1, 0.15) is 110 Å². The quantitative estimate of drug-likeness (QED) is 0.132. The Balaban J connectivity index is 1.09. The van der Waals surface area contributed by atoms with Crippen LogP contribution in [0.3, 0.4) is 0 Å². The van der Waals surface area contributed by atoms with E-state index < -0.39 is 24.1 Å². The number of nitrogens with one attached hydrogen (secondary N) is 3. The van der Waals surface area contributed by atoms with E-state index in [9.17, 15) is 19.8 Å². The Bertz CT molecular complexity index is 1440. The molecule has 4 aliphatic carbocycles. The minimum absolute atomic E-state index is 0.0866. The van der Waals surface area contributed by atoms with Gasteiger partial charge >= 0.3 is 5.97 Å². The molecule has 0 spiro atoms. The zero-order chi connectivity index (χ0) is 34.9. The van der Waals surface area contributed by atoms with Gasteiger partial charge in [-0.25, -0.2) is 9.97 Å². The average Bonchev–Trinajstić information content (AvgIpc) is 3.84. The molecule has 0 aliphatic heterocycles. The fraction of sp³-hybridized carbons (Fsp3) is 0.744. The highest BCUT2D eigenvalue weighted by molar-refractivity contribution is 5.90. The van der Waals surface area contributed by atoms with Crippen molar-refractivity contribution < 1.29 is 19.8 Å². The number of H-pyrrole nitrogens is 2. The predicted octanol–water partition coefficient (Wildman–Crippen LogP) is 5.61. The van der Waals surface area contributed by atoms with Gasteiger partial charge in [0.25, 0.3) is 0 Å². The van der Waals surface area contributed by atoms with Crippen LogP contribution in [0.4, 0.5) is 0 Å². The third kappa shape index (κ3) is 7.33. The Kier molecular flexibility index (Phi) is 10.9. The van der Waals surface area contributed by atoms with Crippen LogP contribution in [-0.4, -0.2) is 66.1 Å². The van der Waals surface area contributed by atoms with E-state index in [0.717, 1.165) is 62.0 Å². The van der Waals surface area contributed by atoms with Gasteiger partial charge in [0.1, 0.15) is 6.04 Å². The lowest BCUT2D eigenvalue weighted by atomic mass is 9.47. The van der Waals surface area contributed by atoms with Gasteiger partial charge in [0, 0.05) is 36.6 Å². The van der Waals surface area contributed by atoms with Gasteiger partial charge in [-0.1, -0.05) is 52.2 Å². The number of nitrogens with zero attached hydrogens (tertiary/aromatic N) is 2. The number of aromatic amines is 2. The number of carboxylic acid groups (broad SMARTS) is 1. The number of imidazole rings is 2. The smallest absolute Gasteiger partial charge is 0.321 e. The molecule has 0 radical (unpaired) electrons. The van der Waals surface area contributed by atoms with Crippen LogP contribution in [0.2, 0.25) is 0 Å². The summed E-state index contributed by atoms with van der Waals surface area (Å²) >= 11 is 0. The van der Waals surface area contributed by atoms with Gasteiger partial charge in [0.15, 0.2) is 5.78 Å². The van der Waals surface area contributed by atoms with E-state index in [0.29, 0.717) is 29.4 Å². The lowest BCUT2D eigenvalue weighted by Gasteiger charge is -2.58. The van der Waals surface area contributed by atoms with Crippen molar-refractivity contribution in [1.29, 1.82) is 0 Å². The maximum absolute atomic E-state index is 13.9. The fourth-order valence-electron chi connectivity index (χ4n) is 11.3. The molecule has 0 amide bonds. The third-order valence-electron chi connectivity index (χ3n) is 14.1. The summed E-state index contributed by atoms with van der Waals surface area (Å²) in [4.78, 5) is 40.3. The lowest BCUT2D eigenvalue weighted by Crippen LogP contribution is -2.55. The second-order valence-electron chi connectivity index (χ2n) is 16.9. The van der Waals surface area contributed by atoms with Gasteiger partial charge in [0.2, 0.25) is 0 Å². The highest BCUT2D eigenvalue weighted by atomic mass is 16.4. The van der Waals surface area contributed by atoms with E-state index in [1.165, 1.54) is 44.0 Å². The molecule has 2 aromatic rings. The number of hydrogen-bond acceptors (Lipinski definition) is 7. The van der Waals surface area contributed by atoms with Crippen molar-refractivity contribution in [3.05, 3.63) is 48.1 Å². The summed E-state index contributed by atoms with van der Waals surface area (Å²) < 4.78 is 0. The van der Waals surface area contributed by atoms with Crippen LogP contribution in [0.5, 0.6) is 0 Å². The van der Waals surface area contributed by atoms with E-state index in [2.05, 4.69) is 59.0 Å². The van der Waals surface area contributed by atoms with Gasteiger partial charge in [-0.15, -0.1) is 0 Å². The molecule has 3 fully saturated rings.